The number of alkyl halides is 2. The molecule has 0 atom stereocenters. The number of benzene rings is 3. The van der Waals surface area contributed by atoms with E-state index in [2.05, 4.69) is 4.74 Å². The van der Waals surface area contributed by atoms with Crippen LogP contribution in [0, 0.1) is 6.92 Å². The monoisotopic (exact) mass is 367 g/mol. The third-order valence-corrected chi connectivity index (χ3v) is 4.08. The van der Waals surface area contributed by atoms with Gasteiger partial charge in [0.2, 0.25) is 0 Å². The van der Waals surface area contributed by atoms with E-state index in [4.69, 9.17) is 0 Å². The first-order chi connectivity index (χ1) is 13.0. The van der Waals surface area contributed by atoms with Crippen LogP contribution in [0.25, 0.3) is 0 Å². The number of nitrogens with zero attached hydrogens (tertiary/aromatic N) is 1. The number of carbonyl (C=O) groups is 1. The van der Waals surface area contributed by atoms with Gasteiger partial charge in [-0.15, -0.1) is 0 Å². The van der Waals surface area contributed by atoms with E-state index < -0.39 is 6.61 Å². The highest BCUT2D eigenvalue weighted by Crippen LogP contribution is 2.23. The average molecular weight is 367 g/mol. The Morgan fingerprint density at radius 1 is 0.963 bits per heavy atom. The molecule has 0 aliphatic carbocycles. The number of ether oxygens (including phenoxy) is 1. The summed E-state index contributed by atoms with van der Waals surface area (Å²) < 4.78 is 29.4. The summed E-state index contributed by atoms with van der Waals surface area (Å²) in [7, 11) is 0. The van der Waals surface area contributed by atoms with Crippen LogP contribution in [-0.2, 0) is 6.54 Å². The van der Waals surface area contributed by atoms with Gasteiger partial charge in [-0.25, -0.2) is 0 Å². The summed E-state index contributed by atoms with van der Waals surface area (Å²) in [4.78, 5) is 14.8. The fourth-order valence-electron chi connectivity index (χ4n) is 2.73. The lowest BCUT2D eigenvalue weighted by molar-refractivity contribution is -0.0498. The number of hydrogen-bond donors (Lipinski definition) is 0. The molecule has 27 heavy (non-hydrogen) atoms. The third-order valence-electron chi connectivity index (χ3n) is 4.08. The Morgan fingerprint density at radius 2 is 1.67 bits per heavy atom. The lowest BCUT2D eigenvalue weighted by Gasteiger charge is -2.23. The van der Waals surface area contributed by atoms with Gasteiger partial charge in [0.05, 0.1) is 6.54 Å². The van der Waals surface area contributed by atoms with Crippen LogP contribution in [0.5, 0.6) is 5.75 Å². The predicted molar refractivity (Wildman–Crippen MR) is 101 cm³/mol. The number of carbonyl (C=O) groups excluding carboxylic acids is 1. The molecule has 1 amide bonds. The number of anilines is 1. The fraction of sp³-hybridized carbons (Fsp3) is 0.136. The molecule has 0 aromatic heterocycles. The van der Waals surface area contributed by atoms with Crippen LogP contribution in [-0.4, -0.2) is 12.5 Å². The zero-order valence-corrected chi connectivity index (χ0v) is 14.8. The number of aryl methyl sites for hydroxylation is 1. The van der Waals surface area contributed by atoms with Crippen molar-refractivity contribution >= 4 is 11.6 Å². The van der Waals surface area contributed by atoms with Gasteiger partial charge >= 0.3 is 6.61 Å². The second-order valence-electron chi connectivity index (χ2n) is 6.12. The van der Waals surface area contributed by atoms with E-state index in [0.717, 1.165) is 16.8 Å². The topological polar surface area (TPSA) is 29.5 Å². The highest BCUT2D eigenvalue weighted by Gasteiger charge is 2.19. The Labute approximate surface area is 156 Å². The molecule has 138 valence electrons. The van der Waals surface area contributed by atoms with E-state index in [-0.39, 0.29) is 17.2 Å². The van der Waals surface area contributed by atoms with Gasteiger partial charge in [-0.05, 0) is 42.8 Å². The van der Waals surface area contributed by atoms with Gasteiger partial charge in [-0.2, -0.15) is 8.78 Å². The number of halogens is 2. The molecule has 0 spiro atoms. The van der Waals surface area contributed by atoms with Crippen molar-refractivity contribution in [1.82, 2.24) is 0 Å². The smallest absolute Gasteiger partial charge is 0.387 e. The molecule has 3 nitrogen and oxygen atoms in total. The zero-order valence-electron chi connectivity index (χ0n) is 14.8. The largest absolute Gasteiger partial charge is 0.435 e. The Morgan fingerprint density at radius 3 is 2.33 bits per heavy atom. The lowest BCUT2D eigenvalue weighted by Crippen LogP contribution is -2.30. The molecule has 0 aliphatic heterocycles. The molecule has 3 aromatic rings. The first-order valence-electron chi connectivity index (χ1n) is 8.50. The second-order valence-corrected chi connectivity index (χ2v) is 6.12. The molecule has 0 unspecified atom stereocenters. The molecule has 0 heterocycles. The van der Waals surface area contributed by atoms with Crippen molar-refractivity contribution in [2.45, 2.75) is 20.1 Å². The van der Waals surface area contributed by atoms with Gasteiger partial charge < -0.3 is 9.64 Å². The van der Waals surface area contributed by atoms with E-state index in [0.29, 0.717) is 6.54 Å². The van der Waals surface area contributed by atoms with Crippen molar-refractivity contribution in [3.8, 4) is 5.75 Å². The minimum absolute atomic E-state index is 0.0422. The summed E-state index contributed by atoms with van der Waals surface area (Å²) in [5.74, 6) is -0.332. The quantitative estimate of drug-likeness (QED) is 0.580. The Kier molecular flexibility index (Phi) is 5.81. The van der Waals surface area contributed by atoms with Crippen molar-refractivity contribution < 1.29 is 18.3 Å². The van der Waals surface area contributed by atoms with Crippen molar-refractivity contribution in [2.75, 3.05) is 4.90 Å². The third kappa shape index (κ3) is 4.91. The molecule has 3 aromatic carbocycles. The Balaban J connectivity index is 1.94. The van der Waals surface area contributed by atoms with Crippen molar-refractivity contribution in [2.24, 2.45) is 0 Å². The summed E-state index contributed by atoms with van der Waals surface area (Å²) in [5, 5.41) is 0. The Bertz CT molecular complexity index is 896. The molecule has 5 heteroatoms. The number of amides is 1. The van der Waals surface area contributed by atoms with E-state index >= 15 is 0 Å². The first kappa shape index (κ1) is 18.6. The van der Waals surface area contributed by atoms with Crippen LogP contribution in [0.15, 0.2) is 78.9 Å². The van der Waals surface area contributed by atoms with Crippen LogP contribution in [0.3, 0.4) is 0 Å². The summed E-state index contributed by atoms with van der Waals surface area (Å²) in [6, 6.07) is 23.0. The second kappa shape index (κ2) is 8.45. The average Bonchev–Trinajstić information content (AvgIpc) is 2.67. The van der Waals surface area contributed by atoms with Crippen molar-refractivity contribution in [3.05, 3.63) is 95.6 Å². The highest BCUT2D eigenvalue weighted by atomic mass is 19.3. The predicted octanol–water partition coefficient (Wildman–Crippen LogP) is 5.44. The molecule has 0 aliphatic rings. The van der Waals surface area contributed by atoms with Crippen molar-refractivity contribution in [3.63, 3.8) is 0 Å². The summed E-state index contributed by atoms with van der Waals surface area (Å²) >= 11 is 0. The van der Waals surface area contributed by atoms with Gasteiger partial charge in [0.1, 0.15) is 5.75 Å². The maximum Gasteiger partial charge on any atom is 0.387 e. The number of hydrogen-bond acceptors (Lipinski definition) is 2. The molecule has 0 radical (unpaired) electrons. The van der Waals surface area contributed by atoms with Gasteiger partial charge in [-0.3, -0.25) is 4.79 Å². The van der Waals surface area contributed by atoms with Crippen molar-refractivity contribution in [1.29, 1.82) is 0 Å². The van der Waals surface area contributed by atoms with E-state index in [9.17, 15) is 13.6 Å². The van der Waals surface area contributed by atoms with Crippen LogP contribution in [0.4, 0.5) is 14.5 Å². The van der Waals surface area contributed by atoms with Gasteiger partial charge in [0.25, 0.3) is 5.91 Å². The van der Waals surface area contributed by atoms with Gasteiger partial charge in [0, 0.05) is 11.3 Å². The standard InChI is InChI=1S/C22H19F2NO2/c1-16-10-12-19(13-11-16)25(15-17-6-3-2-4-7-17)21(26)18-8-5-9-20(14-18)27-22(23)24/h2-14,22H,15H2,1H3. The molecular formula is C22H19F2NO2. The minimum atomic E-state index is -2.94. The van der Waals surface area contributed by atoms with E-state index in [1.165, 1.54) is 18.2 Å². The summed E-state index contributed by atoms with van der Waals surface area (Å²) in [6.07, 6.45) is 0. The molecule has 0 bridgehead atoms. The van der Waals surface area contributed by atoms with E-state index in [1.54, 1.807) is 11.0 Å². The number of rotatable bonds is 6. The van der Waals surface area contributed by atoms with Crippen LogP contribution < -0.4 is 9.64 Å². The molecule has 0 fully saturated rings. The van der Waals surface area contributed by atoms with E-state index in [1.807, 2.05) is 61.5 Å². The summed E-state index contributed by atoms with van der Waals surface area (Å²) in [6.45, 7) is -0.603. The molecule has 0 saturated heterocycles. The summed E-state index contributed by atoms with van der Waals surface area (Å²) in [5.41, 5.74) is 3.06. The Hall–Kier alpha value is -3.21. The fourth-order valence-corrected chi connectivity index (χ4v) is 2.73. The SMILES string of the molecule is Cc1ccc(N(Cc2ccccc2)C(=O)c2cccc(OC(F)F)c2)cc1. The molecular weight excluding hydrogens is 348 g/mol. The zero-order chi connectivity index (χ0) is 19.2. The highest BCUT2D eigenvalue weighted by molar-refractivity contribution is 6.06. The molecule has 0 N–H and O–H groups in total. The molecule has 3 rings (SSSR count). The maximum absolute atomic E-state index is 13.2. The minimum Gasteiger partial charge on any atom is -0.435 e. The van der Waals surface area contributed by atoms with Crippen LogP contribution >= 0.6 is 0 Å². The van der Waals surface area contributed by atoms with Gasteiger partial charge in [0.15, 0.2) is 0 Å². The van der Waals surface area contributed by atoms with Crippen LogP contribution in [0.2, 0.25) is 0 Å². The lowest BCUT2D eigenvalue weighted by atomic mass is 10.1. The van der Waals surface area contributed by atoms with Crippen LogP contribution in [0.1, 0.15) is 21.5 Å². The maximum atomic E-state index is 13.2. The molecule has 0 saturated carbocycles. The van der Waals surface area contributed by atoms with Gasteiger partial charge in [-0.1, -0.05) is 54.1 Å². The first-order valence-corrected chi connectivity index (χ1v) is 8.50. The normalized spacial score (nSPS) is 10.7.